The van der Waals surface area contributed by atoms with Crippen molar-refractivity contribution < 1.29 is 4.52 Å². The summed E-state index contributed by atoms with van der Waals surface area (Å²) < 4.78 is 5.47. The molecule has 1 aliphatic rings. The lowest BCUT2D eigenvalue weighted by atomic mass is 9.96. The number of nitrogens with zero attached hydrogens (tertiary/aromatic N) is 6. The maximum atomic E-state index is 5.47. The summed E-state index contributed by atoms with van der Waals surface area (Å²) in [6, 6.07) is 3.98. The highest BCUT2D eigenvalue weighted by atomic mass is 16.5. The van der Waals surface area contributed by atoms with Gasteiger partial charge in [-0.05, 0) is 31.9 Å². The van der Waals surface area contributed by atoms with Crippen LogP contribution in [0.25, 0.3) is 11.0 Å². The maximum Gasteiger partial charge on any atom is 0.229 e. The van der Waals surface area contributed by atoms with Crippen molar-refractivity contribution in [3.05, 3.63) is 35.9 Å². The number of hydrogen-bond donors (Lipinski definition) is 0. The normalized spacial score (nSPS) is 16.1. The Morgan fingerprint density at radius 2 is 1.92 bits per heavy atom. The lowest BCUT2D eigenvalue weighted by Crippen LogP contribution is -2.34. The largest absolute Gasteiger partial charge is 0.355 e. The molecule has 1 aliphatic heterocycles. The van der Waals surface area contributed by atoms with Gasteiger partial charge in [0.15, 0.2) is 11.6 Å². The molecule has 7 heteroatoms. The molecule has 0 saturated carbocycles. The van der Waals surface area contributed by atoms with Gasteiger partial charge in [-0.3, -0.25) is 0 Å². The molecule has 7 nitrogen and oxygen atoms in total. The zero-order chi connectivity index (χ0) is 17.4. The molecule has 25 heavy (non-hydrogen) atoms. The third-order valence-corrected chi connectivity index (χ3v) is 4.72. The van der Waals surface area contributed by atoms with E-state index in [0.29, 0.717) is 11.8 Å². The summed E-state index contributed by atoms with van der Waals surface area (Å²) >= 11 is 0. The summed E-state index contributed by atoms with van der Waals surface area (Å²) in [7, 11) is 0. The van der Waals surface area contributed by atoms with Crippen LogP contribution in [0.1, 0.15) is 55.9 Å². The van der Waals surface area contributed by atoms with Gasteiger partial charge in [0.2, 0.25) is 5.89 Å². The molecule has 0 atom stereocenters. The second-order valence-electron chi connectivity index (χ2n) is 6.92. The van der Waals surface area contributed by atoms with Crippen molar-refractivity contribution >= 4 is 16.9 Å². The van der Waals surface area contributed by atoms with E-state index in [4.69, 9.17) is 4.52 Å². The van der Waals surface area contributed by atoms with E-state index >= 15 is 0 Å². The van der Waals surface area contributed by atoms with Crippen molar-refractivity contribution in [1.82, 2.24) is 25.1 Å². The molecule has 3 aromatic heterocycles. The molecule has 0 aromatic carbocycles. The van der Waals surface area contributed by atoms with Crippen LogP contribution in [0, 0.1) is 6.92 Å². The highest BCUT2D eigenvalue weighted by molar-refractivity contribution is 5.85. The molecule has 0 bridgehead atoms. The van der Waals surface area contributed by atoms with Gasteiger partial charge < -0.3 is 9.42 Å². The van der Waals surface area contributed by atoms with E-state index in [2.05, 4.69) is 43.8 Å². The molecule has 0 N–H and O–H groups in total. The topological polar surface area (TPSA) is 80.8 Å². The van der Waals surface area contributed by atoms with Crippen LogP contribution in [-0.2, 0) is 0 Å². The van der Waals surface area contributed by atoms with Gasteiger partial charge in [0.1, 0.15) is 11.8 Å². The van der Waals surface area contributed by atoms with Crippen LogP contribution in [0.15, 0.2) is 23.0 Å². The Bertz CT molecular complexity index is 882. The molecule has 0 spiro atoms. The Morgan fingerprint density at radius 1 is 1.12 bits per heavy atom. The Kier molecular flexibility index (Phi) is 4.07. The first kappa shape index (κ1) is 15.9. The zero-order valence-corrected chi connectivity index (χ0v) is 14.8. The molecule has 4 rings (SSSR count). The molecule has 0 unspecified atom stereocenters. The van der Waals surface area contributed by atoms with Crippen molar-refractivity contribution in [2.75, 3.05) is 18.0 Å². The van der Waals surface area contributed by atoms with Crippen LogP contribution in [0.5, 0.6) is 0 Å². The fraction of sp³-hybridized carbons (Fsp3) is 0.500. The first-order valence-electron chi connectivity index (χ1n) is 8.78. The maximum absolute atomic E-state index is 5.47. The minimum atomic E-state index is 0.291. The van der Waals surface area contributed by atoms with E-state index in [-0.39, 0.29) is 0 Å². The number of aromatic nitrogens is 5. The van der Waals surface area contributed by atoms with E-state index < -0.39 is 0 Å². The minimum absolute atomic E-state index is 0.291. The van der Waals surface area contributed by atoms with Crippen LogP contribution >= 0.6 is 0 Å². The Morgan fingerprint density at radius 3 is 2.64 bits per heavy atom. The number of pyridine rings is 1. The fourth-order valence-corrected chi connectivity index (χ4v) is 3.24. The third kappa shape index (κ3) is 3.06. The molecule has 1 saturated heterocycles. The molecule has 0 aliphatic carbocycles. The lowest BCUT2D eigenvalue weighted by molar-refractivity contribution is 0.326. The van der Waals surface area contributed by atoms with Gasteiger partial charge in [-0.25, -0.2) is 15.0 Å². The van der Waals surface area contributed by atoms with Gasteiger partial charge in [-0.1, -0.05) is 19.0 Å². The third-order valence-electron chi connectivity index (χ3n) is 4.72. The quantitative estimate of drug-likeness (QED) is 0.725. The molecule has 130 valence electrons. The average molecular weight is 338 g/mol. The summed E-state index contributed by atoms with van der Waals surface area (Å²) in [6.45, 7) is 7.93. The molecule has 3 aromatic rings. The van der Waals surface area contributed by atoms with Crippen LogP contribution in [0.3, 0.4) is 0 Å². The number of aryl methyl sites for hydroxylation is 1. The van der Waals surface area contributed by atoms with Gasteiger partial charge >= 0.3 is 0 Å². The first-order chi connectivity index (χ1) is 12.1. The van der Waals surface area contributed by atoms with Crippen LogP contribution in [-0.4, -0.2) is 38.2 Å². The van der Waals surface area contributed by atoms with Gasteiger partial charge in [0.25, 0.3) is 0 Å². The standard InChI is InChI=1S/C18H22N6O/c1-11(2)16-22-18(25-23-16)13-6-8-24(9-7-13)17-15-14(19-10-20-17)5-4-12(3)21-15/h4-5,10-11,13H,6-9H2,1-3H3. The van der Waals surface area contributed by atoms with Crippen LogP contribution in [0.2, 0.25) is 0 Å². The van der Waals surface area contributed by atoms with Crippen molar-refractivity contribution in [3.8, 4) is 0 Å². The van der Waals surface area contributed by atoms with Crippen molar-refractivity contribution in [1.29, 1.82) is 0 Å². The summed E-state index contributed by atoms with van der Waals surface area (Å²) in [4.78, 5) is 20.3. The Labute approximate surface area is 146 Å². The highest BCUT2D eigenvalue weighted by Crippen LogP contribution is 2.31. The second-order valence-corrected chi connectivity index (χ2v) is 6.92. The van der Waals surface area contributed by atoms with Gasteiger partial charge in [0.05, 0.1) is 5.52 Å². The van der Waals surface area contributed by atoms with Crippen LogP contribution < -0.4 is 4.90 Å². The number of anilines is 1. The molecule has 4 heterocycles. The summed E-state index contributed by atoms with van der Waals surface area (Å²) in [5.41, 5.74) is 2.74. The van der Waals surface area contributed by atoms with Crippen molar-refractivity contribution in [2.45, 2.75) is 45.4 Å². The second kappa shape index (κ2) is 6.38. The predicted molar refractivity (Wildman–Crippen MR) is 94.6 cm³/mol. The molecular weight excluding hydrogens is 316 g/mol. The van der Waals surface area contributed by atoms with Crippen LogP contribution in [0.4, 0.5) is 5.82 Å². The molecular formula is C18H22N6O. The monoisotopic (exact) mass is 338 g/mol. The van der Waals surface area contributed by atoms with E-state index in [1.807, 2.05) is 19.1 Å². The fourth-order valence-electron chi connectivity index (χ4n) is 3.24. The van der Waals surface area contributed by atoms with E-state index in [9.17, 15) is 0 Å². The van der Waals surface area contributed by atoms with E-state index in [1.54, 1.807) is 6.33 Å². The van der Waals surface area contributed by atoms with E-state index in [1.165, 1.54) is 0 Å². The molecule has 0 amide bonds. The van der Waals surface area contributed by atoms with Crippen molar-refractivity contribution in [3.63, 3.8) is 0 Å². The minimum Gasteiger partial charge on any atom is -0.355 e. The zero-order valence-electron chi connectivity index (χ0n) is 14.8. The highest BCUT2D eigenvalue weighted by Gasteiger charge is 2.27. The number of fused-ring (bicyclic) bond motifs is 1. The number of hydrogen-bond acceptors (Lipinski definition) is 7. The lowest BCUT2D eigenvalue weighted by Gasteiger charge is -2.31. The predicted octanol–water partition coefficient (Wildman–Crippen LogP) is 3.22. The first-order valence-corrected chi connectivity index (χ1v) is 8.78. The van der Waals surface area contributed by atoms with Gasteiger partial charge in [-0.15, -0.1) is 0 Å². The summed E-state index contributed by atoms with van der Waals surface area (Å²) in [5.74, 6) is 3.09. The Hall–Kier alpha value is -2.57. The SMILES string of the molecule is Cc1ccc2ncnc(N3CCC(c4nc(C(C)C)no4)CC3)c2n1. The summed E-state index contributed by atoms with van der Waals surface area (Å²) in [5, 5.41) is 4.09. The van der Waals surface area contributed by atoms with Gasteiger partial charge in [0, 0.05) is 30.6 Å². The smallest absolute Gasteiger partial charge is 0.229 e. The number of piperidine rings is 1. The summed E-state index contributed by atoms with van der Waals surface area (Å²) in [6.07, 6.45) is 3.56. The molecule has 0 radical (unpaired) electrons. The average Bonchev–Trinajstić information content (AvgIpc) is 3.12. The van der Waals surface area contributed by atoms with E-state index in [0.717, 1.165) is 60.2 Å². The van der Waals surface area contributed by atoms with Gasteiger partial charge in [-0.2, -0.15) is 4.98 Å². The van der Waals surface area contributed by atoms with Crippen molar-refractivity contribution in [2.24, 2.45) is 0 Å². The number of rotatable bonds is 3. The Balaban J connectivity index is 1.53. The molecule has 1 fully saturated rings.